The van der Waals surface area contributed by atoms with Gasteiger partial charge >= 0.3 is 0 Å². The molecule has 2 heteroatoms. The van der Waals surface area contributed by atoms with Crippen molar-refractivity contribution in [2.75, 3.05) is 0 Å². The molecular weight excluding hydrogens is 130 g/mol. The van der Waals surface area contributed by atoms with Crippen LogP contribution in [-0.2, 0) is 0 Å². The second kappa shape index (κ2) is 3.47. The summed E-state index contributed by atoms with van der Waals surface area (Å²) in [4.78, 5) is 0. The summed E-state index contributed by atoms with van der Waals surface area (Å²) < 4.78 is 0. The minimum absolute atomic E-state index is 0.758. The Morgan fingerprint density at radius 3 is 2.67 bits per heavy atom. The van der Waals surface area contributed by atoms with Crippen molar-refractivity contribution in [2.24, 2.45) is 11.1 Å². The third-order valence-corrected chi connectivity index (χ3v) is 2.89. The molecule has 2 unspecified atom stereocenters. The highest BCUT2D eigenvalue weighted by Crippen LogP contribution is 2.28. The summed E-state index contributed by atoms with van der Waals surface area (Å²) in [5.41, 5.74) is 0. The molecule has 0 heterocycles. The molecule has 0 aromatic carbocycles. The molecule has 0 radical (unpaired) electrons. The lowest BCUT2D eigenvalue weighted by atomic mass is 9.91. The van der Waals surface area contributed by atoms with Gasteiger partial charge in [0.15, 0.2) is 0 Å². The number of hydrogen-bond acceptors (Lipinski definition) is 2. The van der Waals surface area contributed by atoms with E-state index in [2.05, 4.69) is 6.92 Å². The summed E-state index contributed by atoms with van der Waals surface area (Å²) in [6.07, 6.45) is 5.47. The van der Waals surface area contributed by atoms with E-state index < -0.39 is 0 Å². The third-order valence-electron chi connectivity index (χ3n) is 2.08. The van der Waals surface area contributed by atoms with Gasteiger partial charge in [-0.3, -0.25) is 5.14 Å². The molecule has 1 rings (SSSR count). The SMILES string of the molecule is CC1CCCC(SN)C1. The van der Waals surface area contributed by atoms with Crippen molar-refractivity contribution in [2.45, 2.75) is 37.9 Å². The highest BCUT2D eigenvalue weighted by Gasteiger charge is 2.17. The van der Waals surface area contributed by atoms with Crippen LogP contribution in [-0.4, -0.2) is 5.25 Å². The van der Waals surface area contributed by atoms with E-state index in [9.17, 15) is 0 Å². The lowest BCUT2D eigenvalue weighted by molar-refractivity contribution is 0.394. The maximum absolute atomic E-state index is 5.48. The minimum Gasteiger partial charge on any atom is -0.278 e. The monoisotopic (exact) mass is 145 g/mol. The van der Waals surface area contributed by atoms with Gasteiger partial charge in [0, 0.05) is 5.25 Å². The van der Waals surface area contributed by atoms with E-state index >= 15 is 0 Å². The highest BCUT2D eigenvalue weighted by atomic mass is 32.2. The largest absolute Gasteiger partial charge is 0.278 e. The fraction of sp³-hybridized carbons (Fsp3) is 1.00. The van der Waals surface area contributed by atoms with Crippen LogP contribution in [0.4, 0.5) is 0 Å². The van der Waals surface area contributed by atoms with Crippen LogP contribution in [0, 0.1) is 5.92 Å². The Morgan fingerprint density at radius 1 is 1.44 bits per heavy atom. The molecule has 1 fully saturated rings. The van der Waals surface area contributed by atoms with Crippen molar-refractivity contribution in [1.82, 2.24) is 0 Å². The lowest BCUT2D eigenvalue weighted by Gasteiger charge is -2.24. The number of nitrogens with two attached hydrogens (primary N) is 1. The molecule has 0 amide bonds. The topological polar surface area (TPSA) is 26.0 Å². The Balaban J connectivity index is 2.23. The van der Waals surface area contributed by atoms with E-state index in [4.69, 9.17) is 5.14 Å². The Hall–Kier alpha value is 0.310. The van der Waals surface area contributed by atoms with Crippen LogP contribution in [0.1, 0.15) is 32.6 Å². The quantitative estimate of drug-likeness (QED) is 0.572. The maximum atomic E-state index is 5.48. The second-order valence-electron chi connectivity index (χ2n) is 3.03. The molecule has 0 aromatic heterocycles. The van der Waals surface area contributed by atoms with Gasteiger partial charge in [-0.25, -0.2) is 0 Å². The zero-order valence-corrected chi connectivity index (χ0v) is 6.79. The second-order valence-corrected chi connectivity index (χ2v) is 3.97. The van der Waals surface area contributed by atoms with Crippen LogP contribution in [0.3, 0.4) is 0 Å². The van der Waals surface area contributed by atoms with Gasteiger partial charge in [-0.15, -0.1) is 0 Å². The van der Waals surface area contributed by atoms with Crippen molar-refractivity contribution >= 4 is 11.9 Å². The average molecular weight is 145 g/mol. The first-order valence-electron chi connectivity index (χ1n) is 3.68. The molecule has 1 nitrogen and oxygen atoms in total. The van der Waals surface area contributed by atoms with E-state index in [0.717, 1.165) is 11.2 Å². The Kier molecular flexibility index (Phi) is 2.86. The number of hydrogen-bond donors (Lipinski definition) is 1. The average Bonchev–Trinajstić information content (AvgIpc) is 1.88. The molecule has 2 atom stereocenters. The molecule has 1 aliphatic rings. The Morgan fingerprint density at radius 2 is 2.22 bits per heavy atom. The summed E-state index contributed by atoms with van der Waals surface area (Å²) in [5.74, 6) is 0.916. The van der Waals surface area contributed by atoms with Gasteiger partial charge in [-0.1, -0.05) is 31.7 Å². The van der Waals surface area contributed by atoms with Crippen molar-refractivity contribution in [3.8, 4) is 0 Å². The van der Waals surface area contributed by atoms with Crippen molar-refractivity contribution in [3.05, 3.63) is 0 Å². The molecule has 0 aromatic rings. The maximum Gasteiger partial charge on any atom is 0.0193 e. The predicted molar refractivity (Wildman–Crippen MR) is 43.2 cm³/mol. The summed E-state index contributed by atoms with van der Waals surface area (Å²) in [6.45, 7) is 2.32. The van der Waals surface area contributed by atoms with E-state index in [0.29, 0.717) is 0 Å². The van der Waals surface area contributed by atoms with Gasteiger partial charge < -0.3 is 0 Å². The van der Waals surface area contributed by atoms with Crippen molar-refractivity contribution in [1.29, 1.82) is 0 Å². The zero-order chi connectivity index (χ0) is 6.69. The normalized spacial score (nSPS) is 36.7. The van der Waals surface area contributed by atoms with Crippen LogP contribution >= 0.6 is 11.9 Å². The van der Waals surface area contributed by atoms with E-state index in [1.807, 2.05) is 0 Å². The lowest BCUT2D eigenvalue weighted by Crippen LogP contribution is -2.16. The first kappa shape index (κ1) is 7.42. The van der Waals surface area contributed by atoms with Gasteiger partial charge in [0.25, 0.3) is 0 Å². The molecule has 2 N–H and O–H groups in total. The molecule has 9 heavy (non-hydrogen) atoms. The Labute approximate surface area is 61.5 Å². The van der Waals surface area contributed by atoms with Crippen LogP contribution < -0.4 is 5.14 Å². The van der Waals surface area contributed by atoms with Crippen LogP contribution in [0.15, 0.2) is 0 Å². The molecule has 0 bridgehead atoms. The summed E-state index contributed by atoms with van der Waals surface area (Å²) in [5, 5.41) is 6.24. The van der Waals surface area contributed by atoms with Gasteiger partial charge in [0.1, 0.15) is 0 Å². The van der Waals surface area contributed by atoms with Gasteiger partial charge in [0.05, 0.1) is 0 Å². The van der Waals surface area contributed by atoms with Gasteiger partial charge in [0.2, 0.25) is 0 Å². The highest BCUT2D eigenvalue weighted by molar-refractivity contribution is 7.97. The fourth-order valence-corrected chi connectivity index (χ4v) is 2.24. The standard InChI is InChI=1S/C7H15NS/c1-6-3-2-4-7(5-6)9-8/h6-7H,2-5,8H2,1H3. The third kappa shape index (κ3) is 2.18. The zero-order valence-electron chi connectivity index (χ0n) is 5.97. The van der Waals surface area contributed by atoms with Crippen LogP contribution in [0.2, 0.25) is 0 Å². The number of rotatable bonds is 1. The summed E-state index contributed by atoms with van der Waals surface area (Å²) in [7, 11) is 0. The Bertz CT molecular complexity index is 85.0. The predicted octanol–water partition coefficient (Wildman–Crippen LogP) is 2.17. The molecule has 0 spiro atoms. The molecule has 0 saturated heterocycles. The van der Waals surface area contributed by atoms with E-state index in [-0.39, 0.29) is 0 Å². The molecule has 1 saturated carbocycles. The van der Waals surface area contributed by atoms with Crippen molar-refractivity contribution in [3.63, 3.8) is 0 Å². The molecule has 0 aliphatic heterocycles. The summed E-state index contributed by atoms with van der Waals surface area (Å²) >= 11 is 1.55. The van der Waals surface area contributed by atoms with Crippen LogP contribution in [0.25, 0.3) is 0 Å². The minimum atomic E-state index is 0.758. The van der Waals surface area contributed by atoms with E-state index in [1.54, 1.807) is 11.9 Å². The van der Waals surface area contributed by atoms with Gasteiger partial charge in [-0.05, 0) is 18.8 Å². The van der Waals surface area contributed by atoms with E-state index in [1.165, 1.54) is 25.7 Å². The molecule has 1 aliphatic carbocycles. The molecule has 54 valence electrons. The van der Waals surface area contributed by atoms with Crippen molar-refractivity contribution < 1.29 is 0 Å². The smallest absolute Gasteiger partial charge is 0.0193 e. The molecular formula is C7H15NS. The first-order chi connectivity index (χ1) is 4.33. The first-order valence-corrected chi connectivity index (χ1v) is 4.62. The fourth-order valence-electron chi connectivity index (χ4n) is 1.50. The van der Waals surface area contributed by atoms with Gasteiger partial charge in [-0.2, -0.15) is 0 Å². The van der Waals surface area contributed by atoms with Crippen LogP contribution in [0.5, 0.6) is 0 Å². The summed E-state index contributed by atoms with van der Waals surface area (Å²) in [6, 6.07) is 0.